The SMILES string of the molecule is CCCCCCCCCC(=O)c1c(C(=O)OCC)n(C)c2ccccc12. The number of hydrogen-bond donors (Lipinski definition) is 0. The predicted octanol–water partition coefficient (Wildman–Crippen LogP) is 5.68. The molecule has 1 heterocycles. The highest BCUT2D eigenvalue weighted by atomic mass is 16.5. The average Bonchev–Trinajstić information content (AvgIpc) is 2.94. The lowest BCUT2D eigenvalue weighted by Crippen LogP contribution is -2.14. The summed E-state index contributed by atoms with van der Waals surface area (Å²) in [5, 5.41) is 0.839. The molecule has 0 aliphatic carbocycles. The summed E-state index contributed by atoms with van der Waals surface area (Å²) in [5.74, 6) is -0.382. The first kappa shape index (κ1) is 20.2. The summed E-state index contributed by atoms with van der Waals surface area (Å²) in [6.45, 7) is 4.29. The summed E-state index contributed by atoms with van der Waals surface area (Å²) >= 11 is 0. The molecule has 2 aromatic rings. The fraction of sp³-hybridized carbons (Fsp3) is 0.545. The van der Waals surface area contributed by atoms with Gasteiger partial charge in [0, 0.05) is 24.4 Å². The number of para-hydroxylation sites is 1. The molecule has 0 atom stereocenters. The van der Waals surface area contributed by atoms with Gasteiger partial charge in [0.25, 0.3) is 0 Å². The Hall–Kier alpha value is -2.10. The topological polar surface area (TPSA) is 48.3 Å². The highest BCUT2D eigenvalue weighted by Crippen LogP contribution is 2.28. The number of aryl methyl sites for hydroxylation is 1. The molecule has 2 rings (SSSR count). The Labute approximate surface area is 156 Å². The number of benzene rings is 1. The van der Waals surface area contributed by atoms with Gasteiger partial charge in [0.05, 0.1) is 12.2 Å². The van der Waals surface area contributed by atoms with E-state index in [0.717, 1.165) is 23.7 Å². The number of carbonyl (C=O) groups excluding carboxylic acids is 2. The van der Waals surface area contributed by atoms with Crippen molar-refractivity contribution in [3.8, 4) is 0 Å². The van der Waals surface area contributed by atoms with Crippen molar-refractivity contribution in [2.45, 2.75) is 65.2 Å². The summed E-state index contributed by atoms with van der Waals surface area (Å²) in [6.07, 6.45) is 8.65. The molecule has 0 N–H and O–H groups in total. The Morgan fingerprint density at radius 2 is 1.62 bits per heavy atom. The summed E-state index contributed by atoms with van der Waals surface area (Å²) < 4.78 is 6.98. The molecule has 142 valence electrons. The number of ether oxygens (including phenoxy) is 1. The molecular weight excluding hydrogens is 326 g/mol. The predicted molar refractivity (Wildman–Crippen MR) is 106 cm³/mol. The van der Waals surface area contributed by atoms with Crippen LogP contribution in [0.1, 0.15) is 86.1 Å². The Kier molecular flexibility index (Phi) is 7.89. The highest BCUT2D eigenvalue weighted by molar-refractivity contribution is 6.15. The number of unbranched alkanes of at least 4 members (excludes halogenated alkanes) is 6. The third kappa shape index (κ3) is 4.75. The first-order valence-electron chi connectivity index (χ1n) is 9.89. The standard InChI is InChI=1S/C22H31NO3/c1-4-6-7-8-9-10-11-16-19(24)20-17-14-12-13-15-18(17)23(3)21(20)22(25)26-5-2/h12-15H,4-11,16H2,1-3H3. The number of carbonyl (C=O) groups is 2. The summed E-state index contributed by atoms with van der Waals surface area (Å²) in [4.78, 5) is 25.4. The molecule has 0 bridgehead atoms. The van der Waals surface area contributed by atoms with E-state index in [4.69, 9.17) is 4.74 Å². The fourth-order valence-electron chi connectivity index (χ4n) is 3.48. The molecule has 0 saturated carbocycles. The van der Waals surface area contributed by atoms with E-state index in [2.05, 4.69) is 6.92 Å². The van der Waals surface area contributed by atoms with Gasteiger partial charge in [0.15, 0.2) is 5.78 Å². The molecule has 0 aliphatic heterocycles. The maximum absolute atomic E-state index is 12.9. The van der Waals surface area contributed by atoms with Crippen molar-refractivity contribution in [3.63, 3.8) is 0 Å². The molecule has 0 saturated heterocycles. The van der Waals surface area contributed by atoms with Crippen LogP contribution in [0.15, 0.2) is 24.3 Å². The van der Waals surface area contributed by atoms with Gasteiger partial charge in [-0.05, 0) is 19.4 Å². The Balaban J connectivity index is 2.12. The van der Waals surface area contributed by atoms with Crippen LogP contribution in [-0.4, -0.2) is 22.9 Å². The van der Waals surface area contributed by atoms with Gasteiger partial charge in [-0.15, -0.1) is 0 Å². The van der Waals surface area contributed by atoms with E-state index in [1.54, 1.807) is 11.5 Å². The second-order valence-electron chi connectivity index (χ2n) is 6.81. The Bertz CT molecular complexity index is 745. The lowest BCUT2D eigenvalue weighted by atomic mass is 10.0. The number of esters is 1. The van der Waals surface area contributed by atoms with Crippen LogP contribution in [0.5, 0.6) is 0 Å². The second-order valence-corrected chi connectivity index (χ2v) is 6.81. The second kappa shape index (κ2) is 10.1. The van der Waals surface area contributed by atoms with Gasteiger partial charge >= 0.3 is 5.97 Å². The maximum Gasteiger partial charge on any atom is 0.355 e. The zero-order chi connectivity index (χ0) is 18.9. The number of hydrogen-bond acceptors (Lipinski definition) is 3. The van der Waals surface area contributed by atoms with E-state index in [1.165, 1.54) is 32.1 Å². The number of ketones is 1. The van der Waals surface area contributed by atoms with Crippen molar-refractivity contribution in [3.05, 3.63) is 35.5 Å². The van der Waals surface area contributed by atoms with Crippen LogP contribution < -0.4 is 0 Å². The summed E-state index contributed by atoms with van der Waals surface area (Å²) in [5.41, 5.74) is 1.78. The minimum atomic E-state index is -0.422. The molecule has 1 aromatic heterocycles. The molecule has 4 heteroatoms. The van der Waals surface area contributed by atoms with Gasteiger partial charge in [0.1, 0.15) is 5.69 Å². The van der Waals surface area contributed by atoms with E-state index in [1.807, 2.05) is 31.3 Å². The first-order chi connectivity index (χ1) is 12.6. The van der Waals surface area contributed by atoms with Crippen LogP contribution in [0.2, 0.25) is 0 Å². The Morgan fingerprint density at radius 1 is 0.962 bits per heavy atom. The first-order valence-corrected chi connectivity index (χ1v) is 9.89. The van der Waals surface area contributed by atoms with Gasteiger partial charge in [0.2, 0.25) is 0 Å². The molecule has 0 unspecified atom stereocenters. The zero-order valence-electron chi connectivity index (χ0n) is 16.3. The van der Waals surface area contributed by atoms with Crippen molar-refractivity contribution in [1.29, 1.82) is 0 Å². The molecule has 0 aliphatic rings. The molecule has 0 radical (unpaired) electrons. The van der Waals surface area contributed by atoms with Crippen molar-refractivity contribution < 1.29 is 14.3 Å². The third-order valence-electron chi connectivity index (χ3n) is 4.86. The number of Topliss-reactive ketones (excluding diaryl/α,β-unsaturated/α-hetero) is 1. The van der Waals surface area contributed by atoms with Gasteiger partial charge in [-0.1, -0.05) is 63.6 Å². The minimum absolute atomic E-state index is 0.0402. The third-order valence-corrected chi connectivity index (χ3v) is 4.86. The van der Waals surface area contributed by atoms with Crippen LogP contribution >= 0.6 is 0 Å². The molecular formula is C22H31NO3. The van der Waals surface area contributed by atoms with E-state index >= 15 is 0 Å². The van der Waals surface area contributed by atoms with Crippen LogP contribution in [0.25, 0.3) is 10.9 Å². The van der Waals surface area contributed by atoms with Crippen molar-refractivity contribution in [2.24, 2.45) is 7.05 Å². The van der Waals surface area contributed by atoms with E-state index in [9.17, 15) is 9.59 Å². The largest absolute Gasteiger partial charge is 0.461 e. The monoisotopic (exact) mass is 357 g/mol. The lowest BCUT2D eigenvalue weighted by molar-refractivity contribution is 0.0512. The average molecular weight is 357 g/mol. The number of aromatic nitrogens is 1. The molecule has 0 fully saturated rings. The van der Waals surface area contributed by atoms with Gasteiger partial charge in [-0.25, -0.2) is 4.79 Å². The normalized spacial score (nSPS) is 11.0. The quantitative estimate of drug-likeness (QED) is 0.295. The van der Waals surface area contributed by atoms with E-state index in [0.29, 0.717) is 24.3 Å². The number of fused-ring (bicyclic) bond motifs is 1. The molecule has 0 spiro atoms. The molecule has 26 heavy (non-hydrogen) atoms. The smallest absolute Gasteiger partial charge is 0.355 e. The van der Waals surface area contributed by atoms with Crippen LogP contribution in [0.3, 0.4) is 0 Å². The highest BCUT2D eigenvalue weighted by Gasteiger charge is 2.26. The summed E-state index contributed by atoms with van der Waals surface area (Å²) in [7, 11) is 1.82. The van der Waals surface area contributed by atoms with Gasteiger partial charge in [-0.3, -0.25) is 4.79 Å². The van der Waals surface area contributed by atoms with Crippen LogP contribution in [0, 0.1) is 0 Å². The number of rotatable bonds is 11. The molecule has 0 amide bonds. The van der Waals surface area contributed by atoms with Crippen molar-refractivity contribution >= 4 is 22.7 Å². The number of nitrogens with zero attached hydrogens (tertiary/aromatic N) is 1. The molecule has 4 nitrogen and oxygen atoms in total. The van der Waals surface area contributed by atoms with Crippen molar-refractivity contribution in [1.82, 2.24) is 4.57 Å². The lowest BCUT2D eigenvalue weighted by Gasteiger charge is -2.07. The van der Waals surface area contributed by atoms with E-state index in [-0.39, 0.29) is 5.78 Å². The zero-order valence-corrected chi connectivity index (χ0v) is 16.3. The van der Waals surface area contributed by atoms with E-state index < -0.39 is 5.97 Å². The van der Waals surface area contributed by atoms with Crippen LogP contribution in [0.4, 0.5) is 0 Å². The van der Waals surface area contributed by atoms with Crippen LogP contribution in [-0.2, 0) is 11.8 Å². The molecule has 1 aromatic carbocycles. The fourth-order valence-corrected chi connectivity index (χ4v) is 3.48. The van der Waals surface area contributed by atoms with Gasteiger partial charge in [-0.2, -0.15) is 0 Å². The maximum atomic E-state index is 12.9. The van der Waals surface area contributed by atoms with Crippen molar-refractivity contribution in [2.75, 3.05) is 6.61 Å². The summed E-state index contributed by atoms with van der Waals surface area (Å²) in [6, 6.07) is 7.67. The Morgan fingerprint density at radius 3 is 2.31 bits per heavy atom. The van der Waals surface area contributed by atoms with Gasteiger partial charge < -0.3 is 9.30 Å². The minimum Gasteiger partial charge on any atom is -0.461 e.